The van der Waals surface area contributed by atoms with Crippen molar-refractivity contribution in [2.75, 3.05) is 12.9 Å². The third-order valence-corrected chi connectivity index (χ3v) is 3.73. The highest BCUT2D eigenvalue weighted by atomic mass is 32.2. The number of ether oxygens (including phenoxy) is 1. The summed E-state index contributed by atoms with van der Waals surface area (Å²) in [6.45, 7) is 4.23. The van der Waals surface area contributed by atoms with E-state index in [1.807, 2.05) is 17.8 Å². The molecule has 1 aromatic rings. The van der Waals surface area contributed by atoms with E-state index < -0.39 is 0 Å². The van der Waals surface area contributed by atoms with Gasteiger partial charge in [0.15, 0.2) is 0 Å². The molecule has 2 nitrogen and oxygen atoms in total. The number of hydrogen-bond acceptors (Lipinski definition) is 3. The quantitative estimate of drug-likeness (QED) is 0.829. The maximum atomic E-state index is 5.89. The van der Waals surface area contributed by atoms with Crippen LogP contribution in [0.1, 0.15) is 24.5 Å². The number of rotatable bonds is 6. The predicted octanol–water partition coefficient (Wildman–Crippen LogP) is 2.97. The minimum absolute atomic E-state index is 0.306. The molecule has 1 unspecified atom stereocenters. The van der Waals surface area contributed by atoms with Crippen LogP contribution in [0.4, 0.5) is 0 Å². The Bertz CT molecular complexity index is 328. The monoisotopic (exact) mass is 239 g/mol. The minimum Gasteiger partial charge on any atom is -0.496 e. The molecule has 0 aliphatic rings. The summed E-state index contributed by atoms with van der Waals surface area (Å²) in [5.74, 6) is 2.95. The van der Waals surface area contributed by atoms with Gasteiger partial charge in [0.25, 0.3) is 0 Å². The van der Waals surface area contributed by atoms with Crippen LogP contribution in [-0.4, -0.2) is 18.9 Å². The van der Waals surface area contributed by atoms with Gasteiger partial charge in [0, 0.05) is 23.1 Å². The van der Waals surface area contributed by atoms with Crippen molar-refractivity contribution < 1.29 is 4.74 Å². The van der Waals surface area contributed by atoms with Crippen LogP contribution in [0, 0.1) is 6.92 Å². The van der Waals surface area contributed by atoms with Gasteiger partial charge in [0.1, 0.15) is 5.75 Å². The first-order valence-electron chi connectivity index (χ1n) is 5.64. The van der Waals surface area contributed by atoms with Crippen molar-refractivity contribution in [3.05, 3.63) is 29.3 Å². The van der Waals surface area contributed by atoms with Gasteiger partial charge in [-0.3, -0.25) is 0 Å². The van der Waals surface area contributed by atoms with E-state index in [9.17, 15) is 0 Å². The molecule has 0 fully saturated rings. The standard InChI is InChI=1S/C13H21NOS/c1-4-12(14)9-16-8-11-7-10(2)5-6-13(11)15-3/h5-7,12H,4,8-9,14H2,1-3H3. The summed E-state index contributed by atoms with van der Waals surface area (Å²) in [5.41, 5.74) is 8.42. The fourth-order valence-electron chi connectivity index (χ4n) is 1.46. The molecule has 0 aliphatic carbocycles. The molecule has 0 bridgehead atoms. The number of hydrogen-bond donors (Lipinski definition) is 1. The Labute approximate surface area is 103 Å². The van der Waals surface area contributed by atoms with Crippen molar-refractivity contribution in [3.63, 3.8) is 0 Å². The molecule has 1 atom stereocenters. The molecule has 90 valence electrons. The fraction of sp³-hybridized carbons (Fsp3) is 0.538. The molecule has 0 amide bonds. The van der Waals surface area contributed by atoms with E-state index in [1.54, 1.807) is 7.11 Å². The summed E-state index contributed by atoms with van der Waals surface area (Å²) in [6.07, 6.45) is 1.04. The SMILES string of the molecule is CCC(N)CSCc1cc(C)ccc1OC. The largest absolute Gasteiger partial charge is 0.496 e. The van der Waals surface area contributed by atoms with Crippen LogP contribution in [0.5, 0.6) is 5.75 Å². The topological polar surface area (TPSA) is 35.2 Å². The maximum absolute atomic E-state index is 5.89. The lowest BCUT2D eigenvalue weighted by atomic mass is 10.1. The molecule has 3 heteroatoms. The van der Waals surface area contributed by atoms with Gasteiger partial charge < -0.3 is 10.5 Å². The first-order chi connectivity index (χ1) is 7.67. The van der Waals surface area contributed by atoms with Crippen molar-refractivity contribution in [1.29, 1.82) is 0 Å². The van der Waals surface area contributed by atoms with E-state index in [1.165, 1.54) is 11.1 Å². The molecular weight excluding hydrogens is 218 g/mol. The Morgan fingerprint density at radius 1 is 1.44 bits per heavy atom. The summed E-state index contributed by atoms with van der Waals surface area (Å²) in [5, 5.41) is 0. The third kappa shape index (κ3) is 4.06. The molecule has 1 aromatic carbocycles. The molecular formula is C13H21NOS. The Hall–Kier alpha value is -0.670. The summed E-state index contributed by atoms with van der Waals surface area (Å²) in [4.78, 5) is 0. The number of nitrogens with two attached hydrogens (primary N) is 1. The zero-order valence-corrected chi connectivity index (χ0v) is 11.1. The number of thioether (sulfide) groups is 1. The predicted molar refractivity (Wildman–Crippen MR) is 72.2 cm³/mol. The number of methoxy groups -OCH3 is 1. The fourth-order valence-corrected chi connectivity index (χ4v) is 2.56. The Morgan fingerprint density at radius 3 is 2.81 bits per heavy atom. The van der Waals surface area contributed by atoms with Gasteiger partial charge in [-0.15, -0.1) is 0 Å². The molecule has 0 heterocycles. The lowest BCUT2D eigenvalue weighted by molar-refractivity contribution is 0.411. The summed E-state index contributed by atoms with van der Waals surface area (Å²) >= 11 is 1.87. The summed E-state index contributed by atoms with van der Waals surface area (Å²) in [6, 6.07) is 6.60. The van der Waals surface area contributed by atoms with Gasteiger partial charge in [-0.2, -0.15) is 11.8 Å². The molecule has 0 spiro atoms. The van der Waals surface area contributed by atoms with Crippen LogP contribution in [0.2, 0.25) is 0 Å². The molecule has 2 N–H and O–H groups in total. The van der Waals surface area contributed by atoms with Crippen molar-refractivity contribution in [2.45, 2.75) is 32.1 Å². The first kappa shape index (κ1) is 13.4. The second kappa shape index (κ2) is 6.81. The second-order valence-electron chi connectivity index (χ2n) is 4.00. The van der Waals surface area contributed by atoms with Crippen molar-refractivity contribution in [2.24, 2.45) is 5.73 Å². The Morgan fingerprint density at radius 2 is 2.19 bits per heavy atom. The van der Waals surface area contributed by atoms with E-state index in [0.717, 1.165) is 23.7 Å². The van der Waals surface area contributed by atoms with Crippen LogP contribution in [0.3, 0.4) is 0 Å². The van der Waals surface area contributed by atoms with E-state index in [4.69, 9.17) is 10.5 Å². The van der Waals surface area contributed by atoms with Crippen molar-refractivity contribution >= 4 is 11.8 Å². The van der Waals surface area contributed by atoms with Gasteiger partial charge in [0.05, 0.1) is 7.11 Å². The summed E-state index contributed by atoms with van der Waals surface area (Å²) in [7, 11) is 1.72. The minimum atomic E-state index is 0.306. The highest BCUT2D eigenvalue weighted by molar-refractivity contribution is 7.98. The Kier molecular flexibility index (Phi) is 5.71. The Balaban J connectivity index is 2.55. The van der Waals surface area contributed by atoms with Crippen LogP contribution in [0.25, 0.3) is 0 Å². The molecule has 16 heavy (non-hydrogen) atoms. The van der Waals surface area contributed by atoms with Crippen molar-refractivity contribution in [3.8, 4) is 5.75 Å². The van der Waals surface area contributed by atoms with Crippen molar-refractivity contribution in [1.82, 2.24) is 0 Å². The van der Waals surface area contributed by atoms with Crippen LogP contribution in [-0.2, 0) is 5.75 Å². The average molecular weight is 239 g/mol. The van der Waals surface area contributed by atoms with Crippen LogP contribution < -0.4 is 10.5 Å². The van der Waals surface area contributed by atoms with E-state index in [0.29, 0.717) is 6.04 Å². The first-order valence-corrected chi connectivity index (χ1v) is 6.79. The van der Waals surface area contributed by atoms with Gasteiger partial charge in [-0.25, -0.2) is 0 Å². The maximum Gasteiger partial charge on any atom is 0.122 e. The second-order valence-corrected chi connectivity index (χ2v) is 5.03. The number of benzene rings is 1. The average Bonchev–Trinajstić information content (AvgIpc) is 2.29. The molecule has 1 rings (SSSR count). The van der Waals surface area contributed by atoms with E-state index in [2.05, 4.69) is 26.0 Å². The zero-order valence-electron chi connectivity index (χ0n) is 10.3. The summed E-state index contributed by atoms with van der Waals surface area (Å²) < 4.78 is 5.34. The van der Waals surface area contributed by atoms with Gasteiger partial charge in [-0.1, -0.05) is 24.6 Å². The van der Waals surface area contributed by atoms with E-state index >= 15 is 0 Å². The number of aryl methyl sites for hydroxylation is 1. The lowest BCUT2D eigenvalue weighted by Crippen LogP contribution is -2.21. The van der Waals surface area contributed by atoms with Gasteiger partial charge in [0.2, 0.25) is 0 Å². The molecule has 0 radical (unpaired) electrons. The van der Waals surface area contributed by atoms with E-state index in [-0.39, 0.29) is 0 Å². The molecule has 0 saturated heterocycles. The molecule has 0 saturated carbocycles. The lowest BCUT2D eigenvalue weighted by Gasteiger charge is -2.11. The molecule has 0 aliphatic heterocycles. The van der Waals surface area contributed by atoms with Crippen LogP contribution >= 0.6 is 11.8 Å². The zero-order chi connectivity index (χ0) is 12.0. The highest BCUT2D eigenvalue weighted by Crippen LogP contribution is 2.24. The third-order valence-electron chi connectivity index (χ3n) is 2.55. The van der Waals surface area contributed by atoms with Gasteiger partial charge in [-0.05, 0) is 19.4 Å². The molecule has 0 aromatic heterocycles. The van der Waals surface area contributed by atoms with Crippen LogP contribution in [0.15, 0.2) is 18.2 Å². The highest BCUT2D eigenvalue weighted by Gasteiger charge is 2.05. The smallest absolute Gasteiger partial charge is 0.122 e. The normalized spacial score (nSPS) is 12.5. The van der Waals surface area contributed by atoms with Gasteiger partial charge >= 0.3 is 0 Å².